The zero-order valence-corrected chi connectivity index (χ0v) is 11.3. The van der Waals surface area contributed by atoms with Crippen LogP contribution in [0.1, 0.15) is 32.4 Å². The van der Waals surface area contributed by atoms with Gasteiger partial charge in [0.2, 0.25) is 0 Å². The Hall–Kier alpha value is -1.77. The normalized spacial score (nSPS) is 12.7. The first-order valence-electron chi connectivity index (χ1n) is 6.54. The summed E-state index contributed by atoms with van der Waals surface area (Å²) in [5.41, 5.74) is 2.40. The van der Waals surface area contributed by atoms with Crippen LogP contribution < -0.4 is 5.32 Å². The Kier molecular flexibility index (Phi) is 4.03. The Balaban J connectivity index is 2.17. The van der Waals surface area contributed by atoms with Gasteiger partial charge < -0.3 is 5.32 Å². The van der Waals surface area contributed by atoms with Crippen molar-refractivity contribution in [1.82, 2.24) is 9.78 Å². The molecule has 1 heterocycles. The van der Waals surface area contributed by atoms with Crippen LogP contribution in [0.5, 0.6) is 0 Å². The van der Waals surface area contributed by atoms with Gasteiger partial charge in [-0.2, -0.15) is 5.10 Å². The number of aryl methyl sites for hydroxylation is 1. The first kappa shape index (κ1) is 12.7. The number of hydrogen-bond donors (Lipinski definition) is 1. The van der Waals surface area contributed by atoms with Crippen LogP contribution in [0.3, 0.4) is 0 Å². The molecule has 0 spiro atoms. The van der Waals surface area contributed by atoms with Crippen LogP contribution in [0.15, 0.2) is 42.7 Å². The number of benzene rings is 1. The van der Waals surface area contributed by atoms with E-state index in [-0.39, 0.29) is 0 Å². The van der Waals surface area contributed by atoms with Crippen molar-refractivity contribution in [2.45, 2.75) is 33.4 Å². The minimum atomic E-state index is 0.320. The molecular weight excluding hydrogens is 222 g/mol. The van der Waals surface area contributed by atoms with Gasteiger partial charge in [0.25, 0.3) is 0 Å². The summed E-state index contributed by atoms with van der Waals surface area (Å²) in [6, 6.07) is 10.9. The quantitative estimate of drug-likeness (QED) is 0.867. The van der Waals surface area contributed by atoms with Gasteiger partial charge in [0, 0.05) is 12.7 Å². The third-order valence-electron chi connectivity index (χ3n) is 3.10. The second kappa shape index (κ2) is 5.71. The second-order valence-electron chi connectivity index (χ2n) is 4.86. The highest BCUT2D eigenvalue weighted by atomic mass is 15.3. The Labute approximate surface area is 109 Å². The van der Waals surface area contributed by atoms with Gasteiger partial charge in [-0.1, -0.05) is 44.2 Å². The molecule has 1 aromatic carbocycles. The first-order chi connectivity index (χ1) is 8.70. The molecule has 0 aliphatic carbocycles. The van der Waals surface area contributed by atoms with Gasteiger partial charge in [0.05, 0.1) is 17.9 Å². The summed E-state index contributed by atoms with van der Waals surface area (Å²) in [4.78, 5) is 0. The summed E-state index contributed by atoms with van der Waals surface area (Å²) in [5.74, 6) is 0.525. The van der Waals surface area contributed by atoms with E-state index in [9.17, 15) is 0 Å². The van der Waals surface area contributed by atoms with E-state index in [4.69, 9.17) is 0 Å². The van der Waals surface area contributed by atoms with Gasteiger partial charge >= 0.3 is 0 Å². The largest absolute Gasteiger partial charge is 0.375 e. The van der Waals surface area contributed by atoms with Gasteiger partial charge in [-0.15, -0.1) is 0 Å². The summed E-state index contributed by atoms with van der Waals surface area (Å²) in [7, 11) is 0. The zero-order chi connectivity index (χ0) is 13.0. The van der Waals surface area contributed by atoms with E-state index < -0.39 is 0 Å². The van der Waals surface area contributed by atoms with Crippen molar-refractivity contribution < 1.29 is 0 Å². The van der Waals surface area contributed by atoms with E-state index in [1.807, 2.05) is 10.9 Å². The Morgan fingerprint density at radius 3 is 2.50 bits per heavy atom. The molecule has 0 aliphatic rings. The lowest BCUT2D eigenvalue weighted by Gasteiger charge is -2.23. The van der Waals surface area contributed by atoms with E-state index in [1.54, 1.807) is 0 Å². The van der Waals surface area contributed by atoms with E-state index in [1.165, 1.54) is 5.56 Å². The van der Waals surface area contributed by atoms with E-state index in [0.717, 1.165) is 12.2 Å². The van der Waals surface area contributed by atoms with E-state index in [2.05, 4.69) is 67.7 Å². The van der Waals surface area contributed by atoms with Crippen molar-refractivity contribution in [2.75, 3.05) is 5.32 Å². The number of rotatable bonds is 5. The summed E-state index contributed by atoms with van der Waals surface area (Å²) >= 11 is 0. The van der Waals surface area contributed by atoms with Crippen molar-refractivity contribution in [3.8, 4) is 0 Å². The summed E-state index contributed by atoms with van der Waals surface area (Å²) < 4.78 is 1.94. The topological polar surface area (TPSA) is 29.9 Å². The molecule has 1 N–H and O–H groups in total. The van der Waals surface area contributed by atoms with Crippen LogP contribution in [-0.4, -0.2) is 9.78 Å². The number of anilines is 1. The number of hydrogen-bond acceptors (Lipinski definition) is 2. The highest BCUT2D eigenvalue weighted by molar-refractivity contribution is 5.42. The molecule has 0 amide bonds. The lowest BCUT2D eigenvalue weighted by molar-refractivity contribution is 0.546. The van der Waals surface area contributed by atoms with Crippen LogP contribution in [0.25, 0.3) is 0 Å². The van der Waals surface area contributed by atoms with Crippen molar-refractivity contribution in [2.24, 2.45) is 5.92 Å². The first-order valence-corrected chi connectivity index (χ1v) is 6.54. The summed E-state index contributed by atoms with van der Waals surface area (Å²) in [6.45, 7) is 7.46. The number of nitrogens with zero attached hydrogens (tertiary/aromatic N) is 2. The van der Waals surface area contributed by atoms with Gasteiger partial charge in [-0.3, -0.25) is 4.68 Å². The molecule has 0 aliphatic heterocycles. The fraction of sp³-hybridized carbons (Fsp3) is 0.400. The fourth-order valence-electron chi connectivity index (χ4n) is 2.09. The minimum absolute atomic E-state index is 0.320. The molecule has 2 aromatic rings. The average Bonchev–Trinajstić information content (AvgIpc) is 2.84. The zero-order valence-electron chi connectivity index (χ0n) is 11.3. The van der Waals surface area contributed by atoms with E-state index >= 15 is 0 Å². The Morgan fingerprint density at radius 1 is 1.22 bits per heavy atom. The Bertz CT molecular complexity index is 473. The molecule has 2 rings (SSSR count). The third kappa shape index (κ3) is 2.92. The molecule has 3 heteroatoms. The van der Waals surface area contributed by atoms with Crippen LogP contribution in [0.2, 0.25) is 0 Å². The molecule has 0 saturated carbocycles. The lowest BCUT2D eigenvalue weighted by atomic mass is 9.96. The van der Waals surface area contributed by atoms with Gasteiger partial charge in [0.1, 0.15) is 0 Å². The highest BCUT2D eigenvalue weighted by Crippen LogP contribution is 2.26. The maximum absolute atomic E-state index is 4.29. The van der Waals surface area contributed by atoms with Gasteiger partial charge in [-0.05, 0) is 18.4 Å². The summed E-state index contributed by atoms with van der Waals surface area (Å²) in [6.07, 6.45) is 3.94. The van der Waals surface area contributed by atoms with Crippen molar-refractivity contribution in [1.29, 1.82) is 0 Å². The van der Waals surface area contributed by atoms with Crippen molar-refractivity contribution in [3.63, 3.8) is 0 Å². The lowest BCUT2D eigenvalue weighted by Crippen LogP contribution is -2.16. The van der Waals surface area contributed by atoms with Crippen molar-refractivity contribution in [3.05, 3.63) is 48.3 Å². The molecule has 3 nitrogen and oxygen atoms in total. The SMILES string of the molecule is CCn1cc(NC(c2ccccc2)C(C)C)cn1. The minimum Gasteiger partial charge on any atom is -0.375 e. The molecule has 0 fully saturated rings. The molecule has 0 saturated heterocycles. The predicted octanol–water partition coefficient (Wildman–Crippen LogP) is 3.71. The second-order valence-corrected chi connectivity index (χ2v) is 4.86. The van der Waals surface area contributed by atoms with Crippen LogP contribution in [0.4, 0.5) is 5.69 Å². The standard InChI is InChI=1S/C15H21N3/c1-4-18-11-14(10-16-18)17-15(12(2)3)13-8-6-5-7-9-13/h5-12,15,17H,4H2,1-3H3. The van der Waals surface area contributed by atoms with Crippen LogP contribution in [0, 0.1) is 5.92 Å². The van der Waals surface area contributed by atoms with Gasteiger partial charge in [-0.25, -0.2) is 0 Å². The fourth-order valence-corrected chi connectivity index (χ4v) is 2.09. The van der Waals surface area contributed by atoms with Crippen molar-refractivity contribution >= 4 is 5.69 Å². The average molecular weight is 243 g/mol. The maximum Gasteiger partial charge on any atom is 0.0731 e. The smallest absolute Gasteiger partial charge is 0.0731 e. The maximum atomic E-state index is 4.29. The third-order valence-corrected chi connectivity index (χ3v) is 3.10. The monoisotopic (exact) mass is 243 g/mol. The van der Waals surface area contributed by atoms with Crippen LogP contribution >= 0.6 is 0 Å². The molecule has 1 unspecified atom stereocenters. The molecular formula is C15H21N3. The molecule has 1 aromatic heterocycles. The van der Waals surface area contributed by atoms with E-state index in [0.29, 0.717) is 12.0 Å². The summed E-state index contributed by atoms with van der Waals surface area (Å²) in [5, 5.41) is 7.86. The van der Waals surface area contributed by atoms with Crippen LogP contribution in [-0.2, 0) is 6.54 Å². The number of aromatic nitrogens is 2. The predicted molar refractivity (Wildman–Crippen MR) is 75.5 cm³/mol. The molecule has 1 atom stereocenters. The molecule has 18 heavy (non-hydrogen) atoms. The van der Waals surface area contributed by atoms with Gasteiger partial charge in [0.15, 0.2) is 0 Å². The molecule has 96 valence electrons. The molecule has 0 radical (unpaired) electrons. The molecule has 0 bridgehead atoms. The highest BCUT2D eigenvalue weighted by Gasteiger charge is 2.15. The number of nitrogens with one attached hydrogen (secondary N) is 1. The Morgan fingerprint density at radius 2 is 1.94 bits per heavy atom.